The highest BCUT2D eigenvalue weighted by Crippen LogP contribution is 2.24. The van der Waals surface area contributed by atoms with Crippen molar-refractivity contribution in [2.45, 2.75) is 6.42 Å². The molecule has 0 aliphatic rings. The summed E-state index contributed by atoms with van der Waals surface area (Å²) in [5, 5.41) is 10.9. The summed E-state index contributed by atoms with van der Waals surface area (Å²) in [6.45, 7) is 0.326. The predicted molar refractivity (Wildman–Crippen MR) is 90.3 cm³/mol. The zero-order valence-corrected chi connectivity index (χ0v) is 12.9. The van der Waals surface area contributed by atoms with Crippen molar-refractivity contribution in [3.63, 3.8) is 0 Å². The van der Waals surface area contributed by atoms with Gasteiger partial charge in [0.15, 0.2) is 0 Å². The first-order chi connectivity index (χ1) is 11.7. The fraction of sp³-hybridized carbons (Fsp3) is 0.111. The molecule has 0 fully saturated rings. The van der Waals surface area contributed by atoms with Crippen LogP contribution in [0.1, 0.15) is 5.82 Å². The van der Waals surface area contributed by atoms with Gasteiger partial charge in [0.25, 0.3) is 0 Å². The molecule has 0 spiro atoms. The number of aromatic amines is 1. The highest BCUT2D eigenvalue weighted by atomic mass is 16.5. The van der Waals surface area contributed by atoms with E-state index in [2.05, 4.69) is 15.3 Å². The van der Waals surface area contributed by atoms with Crippen LogP contribution in [0.3, 0.4) is 0 Å². The highest BCUT2D eigenvalue weighted by Gasteiger charge is 2.05. The Morgan fingerprint density at radius 2 is 1.79 bits per heavy atom. The molecule has 0 aliphatic carbocycles. The van der Waals surface area contributed by atoms with Crippen molar-refractivity contribution in [1.82, 2.24) is 15.3 Å². The van der Waals surface area contributed by atoms with Crippen LogP contribution < -0.4 is 10.1 Å². The van der Waals surface area contributed by atoms with Gasteiger partial charge in [-0.05, 0) is 36.4 Å². The van der Waals surface area contributed by atoms with Crippen LogP contribution in [0.4, 0.5) is 4.79 Å². The number of hydrogen-bond acceptors (Lipinski definition) is 3. The molecule has 0 saturated heterocycles. The van der Waals surface area contributed by atoms with E-state index in [4.69, 9.17) is 9.84 Å². The molecule has 24 heavy (non-hydrogen) atoms. The molecule has 0 unspecified atom stereocenters. The molecule has 1 aromatic heterocycles. The van der Waals surface area contributed by atoms with Gasteiger partial charge in [-0.3, -0.25) is 0 Å². The molecular weight excluding hydrogens is 306 g/mol. The quantitative estimate of drug-likeness (QED) is 0.646. The van der Waals surface area contributed by atoms with E-state index in [1.54, 1.807) is 0 Å². The van der Waals surface area contributed by atoms with E-state index < -0.39 is 6.09 Å². The SMILES string of the molecule is O=C(O)NCCc1nc(-c2ccc(Oc3ccccc3)cc2)c[nH]1. The second-order valence-electron chi connectivity index (χ2n) is 5.15. The number of hydrogen-bond donors (Lipinski definition) is 3. The van der Waals surface area contributed by atoms with Crippen molar-refractivity contribution in [3.05, 3.63) is 66.6 Å². The summed E-state index contributed by atoms with van der Waals surface area (Å²) in [6, 6.07) is 17.3. The molecule has 2 aromatic carbocycles. The Bertz CT molecular complexity index is 798. The van der Waals surface area contributed by atoms with Crippen LogP contribution in [0.15, 0.2) is 60.8 Å². The van der Waals surface area contributed by atoms with Gasteiger partial charge in [-0.2, -0.15) is 0 Å². The average Bonchev–Trinajstić information content (AvgIpc) is 3.05. The number of rotatable bonds is 6. The van der Waals surface area contributed by atoms with Crippen LogP contribution in [0.2, 0.25) is 0 Å². The zero-order chi connectivity index (χ0) is 16.8. The minimum atomic E-state index is -1.03. The maximum atomic E-state index is 10.4. The molecule has 0 radical (unpaired) electrons. The third-order valence-electron chi connectivity index (χ3n) is 3.40. The number of imidazole rings is 1. The summed E-state index contributed by atoms with van der Waals surface area (Å²) < 4.78 is 5.76. The fourth-order valence-electron chi connectivity index (χ4n) is 2.24. The molecule has 122 valence electrons. The van der Waals surface area contributed by atoms with Crippen LogP contribution in [0.5, 0.6) is 11.5 Å². The number of benzene rings is 2. The number of H-pyrrole nitrogens is 1. The Balaban J connectivity index is 1.63. The third kappa shape index (κ3) is 4.13. The summed E-state index contributed by atoms with van der Waals surface area (Å²) in [6.07, 6.45) is 1.29. The van der Waals surface area contributed by atoms with Gasteiger partial charge in [0.05, 0.1) is 5.69 Å². The second-order valence-corrected chi connectivity index (χ2v) is 5.15. The lowest BCUT2D eigenvalue weighted by atomic mass is 10.1. The molecular formula is C18H17N3O3. The van der Waals surface area contributed by atoms with Crippen LogP contribution >= 0.6 is 0 Å². The number of aromatic nitrogens is 2. The first-order valence-corrected chi connectivity index (χ1v) is 7.55. The normalized spacial score (nSPS) is 10.3. The lowest BCUT2D eigenvalue weighted by Gasteiger charge is -2.05. The van der Waals surface area contributed by atoms with Crippen LogP contribution in [-0.2, 0) is 6.42 Å². The van der Waals surface area contributed by atoms with Crippen LogP contribution in [0, 0.1) is 0 Å². The number of nitrogens with zero attached hydrogens (tertiary/aromatic N) is 1. The average molecular weight is 323 g/mol. The van der Waals surface area contributed by atoms with E-state index in [1.165, 1.54) is 0 Å². The van der Waals surface area contributed by atoms with Gasteiger partial charge in [-0.25, -0.2) is 9.78 Å². The van der Waals surface area contributed by atoms with Gasteiger partial charge in [0.2, 0.25) is 0 Å². The number of carbonyl (C=O) groups is 1. The monoisotopic (exact) mass is 323 g/mol. The maximum absolute atomic E-state index is 10.4. The molecule has 0 saturated carbocycles. The van der Waals surface area contributed by atoms with E-state index in [1.807, 2.05) is 60.8 Å². The standard InChI is InChI=1S/C18H17N3O3/c22-18(23)19-11-10-17-20-12-16(21-17)13-6-8-15(9-7-13)24-14-4-2-1-3-5-14/h1-9,12,19H,10-11H2,(H,20,21)(H,22,23). The lowest BCUT2D eigenvalue weighted by molar-refractivity contribution is 0.194. The lowest BCUT2D eigenvalue weighted by Crippen LogP contribution is -2.23. The number of ether oxygens (including phenoxy) is 1. The van der Waals surface area contributed by atoms with Gasteiger partial charge in [-0.1, -0.05) is 18.2 Å². The molecule has 1 amide bonds. The molecule has 1 heterocycles. The number of para-hydroxylation sites is 1. The fourth-order valence-corrected chi connectivity index (χ4v) is 2.24. The summed E-state index contributed by atoms with van der Waals surface area (Å²) in [7, 11) is 0. The minimum Gasteiger partial charge on any atom is -0.465 e. The molecule has 0 aliphatic heterocycles. The van der Waals surface area contributed by atoms with Crippen LogP contribution in [0.25, 0.3) is 11.3 Å². The van der Waals surface area contributed by atoms with E-state index in [0.717, 1.165) is 28.6 Å². The largest absolute Gasteiger partial charge is 0.465 e. The van der Waals surface area contributed by atoms with Crippen molar-refractivity contribution < 1.29 is 14.6 Å². The first kappa shape index (κ1) is 15.6. The van der Waals surface area contributed by atoms with E-state index >= 15 is 0 Å². The Morgan fingerprint density at radius 3 is 2.50 bits per heavy atom. The Hall–Kier alpha value is -3.28. The maximum Gasteiger partial charge on any atom is 0.404 e. The summed E-state index contributed by atoms with van der Waals surface area (Å²) in [5.41, 5.74) is 1.77. The minimum absolute atomic E-state index is 0.326. The Labute approximate surface area is 139 Å². The molecule has 3 rings (SSSR count). The highest BCUT2D eigenvalue weighted by molar-refractivity contribution is 5.64. The second kappa shape index (κ2) is 7.32. The van der Waals surface area contributed by atoms with Crippen molar-refractivity contribution in [2.75, 3.05) is 6.54 Å². The van der Waals surface area contributed by atoms with Crippen molar-refractivity contribution in [2.24, 2.45) is 0 Å². The van der Waals surface area contributed by atoms with Gasteiger partial charge in [-0.15, -0.1) is 0 Å². The molecule has 6 heteroatoms. The molecule has 3 aromatic rings. The summed E-state index contributed by atoms with van der Waals surface area (Å²) in [5.74, 6) is 2.29. The molecule has 0 atom stereocenters. The first-order valence-electron chi connectivity index (χ1n) is 7.55. The molecule has 6 nitrogen and oxygen atoms in total. The van der Waals surface area contributed by atoms with Gasteiger partial charge in [0, 0.05) is 24.7 Å². The third-order valence-corrected chi connectivity index (χ3v) is 3.40. The van der Waals surface area contributed by atoms with Crippen molar-refractivity contribution >= 4 is 6.09 Å². The number of amides is 1. The van der Waals surface area contributed by atoms with Crippen LogP contribution in [-0.4, -0.2) is 27.7 Å². The van der Waals surface area contributed by atoms with Gasteiger partial charge < -0.3 is 20.1 Å². The van der Waals surface area contributed by atoms with E-state index in [9.17, 15) is 4.79 Å². The van der Waals surface area contributed by atoms with Crippen molar-refractivity contribution in [3.8, 4) is 22.8 Å². The smallest absolute Gasteiger partial charge is 0.404 e. The van der Waals surface area contributed by atoms with E-state index in [0.29, 0.717) is 13.0 Å². The zero-order valence-electron chi connectivity index (χ0n) is 12.9. The van der Waals surface area contributed by atoms with Crippen molar-refractivity contribution in [1.29, 1.82) is 0 Å². The molecule has 3 N–H and O–H groups in total. The Kier molecular flexibility index (Phi) is 4.76. The van der Waals surface area contributed by atoms with Gasteiger partial charge >= 0.3 is 6.09 Å². The number of nitrogens with one attached hydrogen (secondary N) is 2. The Morgan fingerprint density at radius 1 is 1.08 bits per heavy atom. The molecule has 0 bridgehead atoms. The summed E-state index contributed by atoms with van der Waals surface area (Å²) in [4.78, 5) is 17.9. The number of carboxylic acid groups (broad SMARTS) is 1. The predicted octanol–water partition coefficient (Wildman–Crippen LogP) is 3.68. The summed E-state index contributed by atoms with van der Waals surface area (Å²) >= 11 is 0. The van der Waals surface area contributed by atoms with E-state index in [-0.39, 0.29) is 0 Å². The topological polar surface area (TPSA) is 87.2 Å². The van der Waals surface area contributed by atoms with Gasteiger partial charge in [0.1, 0.15) is 17.3 Å².